The molecule has 2 aliphatic heterocycles. The molecule has 3 heterocycles. The Morgan fingerprint density at radius 2 is 2.31 bits per heavy atom. The first-order valence-electron chi connectivity index (χ1n) is 4.95. The molecule has 0 aliphatic carbocycles. The molecule has 1 amide bonds. The van der Waals surface area contributed by atoms with Crippen molar-refractivity contribution in [2.24, 2.45) is 0 Å². The molecule has 0 radical (unpaired) electrons. The smallest absolute Gasteiger partial charge is 0.282 e. The summed E-state index contributed by atoms with van der Waals surface area (Å²) in [6.45, 7) is 1.68. The van der Waals surface area contributed by atoms with Crippen LogP contribution in [0.5, 0.6) is 5.88 Å². The highest BCUT2D eigenvalue weighted by Gasteiger charge is 2.35. The van der Waals surface area contributed by atoms with E-state index in [1.807, 2.05) is 0 Å². The average Bonchev–Trinajstić information content (AvgIpc) is 2.81. The minimum absolute atomic E-state index is 0.237. The van der Waals surface area contributed by atoms with Gasteiger partial charge in [0.2, 0.25) is 6.23 Å². The highest BCUT2D eigenvalue weighted by atomic mass is 16.5. The summed E-state index contributed by atoms with van der Waals surface area (Å²) >= 11 is 0. The zero-order chi connectivity index (χ0) is 11.0. The summed E-state index contributed by atoms with van der Waals surface area (Å²) in [5.74, 6) is 0.473. The number of carbonyl (C=O) groups excluding carboxylic acids is 1. The molecule has 1 unspecified atom stereocenters. The number of ether oxygens (including phenoxy) is 2. The Balaban J connectivity index is 1.86. The number of hydrogen-bond donors (Lipinski definition) is 1. The maximum absolute atomic E-state index is 11.7. The lowest BCUT2D eigenvalue weighted by atomic mass is 10.4. The third-order valence-corrected chi connectivity index (χ3v) is 2.47. The van der Waals surface area contributed by atoms with Gasteiger partial charge in [-0.3, -0.25) is 4.79 Å². The summed E-state index contributed by atoms with van der Waals surface area (Å²) in [7, 11) is 0. The van der Waals surface area contributed by atoms with Crippen LogP contribution in [0.1, 0.15) is 0 Å². The molecular weight excluding hydrogens is 212 g/mol. The summed E-state index contributed by atoms with van der Waals surface area (Å²) < 4.78 is 10.7. The molecule has 84 valence electrons. The summed E-state index contributed by atoms with van der Waals surface area (Å²) in [6, 6.07) is 0. The molecule has 1 atom stereocenters. The van der Waals surface area contributed by atoms with Gasteiger partial charge in [0, 0.05) is 18.9 Å². The van der Waals surface area contributed by atoms with Crippen molar-refractivity contribution in [3.05, 3.63) is 12.4 Å². The number of hydrogen-bond acceptors (Lipinski definition) is 6. The first-order chi connectivity index (χ1) is 7.84. The fourth-order valence-corrected chi connectivity index (χ4v) is 1.69. The lowest BCUT2D eigenvalue weighted by molar-refractivity contribution is -0.133. The average molecular weight is 222 g/mol. The van der Waals surface area contributed by atoms with Crippen LogP contribution in [0.25, 0.3) is 0 Å². The van der Waals surface area contributed by atoms with E-state index in [0.717, 1.165) is 0 Å². The molecular formula is C9H10N4O3. The van der Waals surface area contributed by atoms with Gasteiger partial charge >= 0.3 is 0 Å². The van der Waals surface area contributed by atoms with Crippen LogP contribution in [-0.2, 0) is 9.53 Å². The Morgan fingerprint density at radius 3 is 3.12 bits per heavy atom. The van der Waals surface area contributed by atoms with Crippen LogP contribution in [-0.4, -0.2) is 46.9 Å². The summed E-state index contributed by atoms with van der Waals surface area (Å²) in [5.41, 5.74) is 0. The normalized spacial score (nSPS) is 24.8. The van der Waals surface area contributed by atoms with Crippen LogP contribution < -0.4 is 10.1 Å². The fourth-order valence-electron chi connectivity index (χ4n) is 1.69. The summed E-state index contributed by atoms with van der Waals surface area (Å²) in [6.07, 6.45) is 2.35. The predicted octanol–water partition coefficient (Wildman–Crippen LogP) is -0.577. The fraction of sp³-hybridized carbons (Fsp3) is 0.444. The quantitative estimate of drug-likeness (QED) is 0.685. The molecule has 0 saturated carbocycles. The van der Waals surface area contributed by atoms with Gasteiger partial charge in [-0.2, -0.15) is 0 Å². The molecule has 7 nitrogen and oxygen atoms in total. The lowest BCUT2D eigenvalue weighted by Crippen LogP contribution is -2.49. The number of rotatable bonds is 1. The number of nitrogens with zero attached hydrogens (tertiary/aromatic N) is 3. The molecule has 2 aliphatic rings. The molecule has 1 N–H and O–H groups in total. The van der Waals surface area contributed by atoms with Gasteiger partial charge in [-0.15, -0.1) is 0 Å². The number of fused-ring (bicyclic) bond motifs is 1. The number of amides is 1. The van der Waals surface area contributed by atoms with E-state index in [1.165, 1.54) is 12.4 Å². The van der Waals surface area contributed by atoms with Crippen molar-refractivity contribution < 1.29 is 14.3 Å². The molecule has 1 fully saturated rings. The Kier molecular flexibility index (Phi) is 2.19. The van der Waals surface area contributed by atoms with E-state index >= 15 is 0 Å². The Bertz CT molecular complexity index is 419. The van der Waals surface area contributed by atoms with Crippen molar-refractivity contribution in [1.82, 2.24) is 14.9 Å². The van der Waals surface area contributed by atoms with Gasteiger partial charge in [-0.1, -0.05) is 0 Å². The maximum atomic E-state index is 11.7. The van der Waals surface area contributed by atoms with E-state index in [0.29, 0.717) is 31.6 Å². The third-order valence-electron chi connectivity index (χ3n) is 2.47. The Labute approximate surface area is 91.4 Å². The minimum atomic E-state index is -0.674. The van der Waals surface area contributed by atoms with Crippen molar-refractivity contribution in [2.45, 2.75) is 6.23 Å². The number of nitrogens with one attached hydrogen (secondary N) is 1. The topological polar surface area (TPSA) is 76.6 Å². The zero-order valence-electron chi connectivity index (χ0n) is 8.42. The van der Waals surface area contributed by atoms with Crippen molar-refractivity contribution in [3.63, 3.8) is 0 Å². The van der Waals surface area contributed by atoms with Crippen molar-refractivity contribution >= 4 is 11.7 Å². The first kappa shape index (κ1) is 9.49. The molecule has 1 aromatic rings. The largest absolute Gasteiger partial charge is 0.446 e. The number of aromatic nitrogens is 2. The standard InChI is InChI=1S/C9H10N4O3/c14-7-9(13-3-4-15-5-13)16-8-6(12-7)10-1-2-11-8/h1-2,9H,3-5H2,(H,10,12,14). The van der Waals surface area contributed by atoms with Crippen LogP contribution in [0.3, 0.4) is 0 Å². The number of anilines is 1. The van der Waals surface area contributed by atoms with Crippen LogP contribution >= 0.6 is 0 Å². The summed E-state index contributed by atoms with van der Waals surface area (Å²) in [5, 5.41) is 2.65. The van der Waals surface area contributed by atoms with Gasteiger partial charge in [-0.05, 0) is 0 Å². The molecule has 16 heavy (non-hydrogen) atoms. The van der Waals surface area contributed by atoms with Crippen LogP contribution in [0.4, 0.5) is 5.82 Å². The zero-order valence-corrected chi connectivity index (χ0v) is 8.42. The van der Waals surface area contributed by atoms with E-state index in [9.17, 15) is 4.79 Å². The molecule has 7 heteroatoms. The second-order valence-corrected chi connectivity index (χ2v) is 3.52. The second kappa shape index (κ2) is 3.69. The highest BCUT2D eigenvalue weighted by molar-refractivity contribution is 5.95. The maximum Gasteiger partial charge on any atom is 0.282 e. The molecule has 0 aromatic carbocycles. The second-order valence-electron chi connectivity index (χ2n) is 3.52. The predicted molar refractivity (Wildman–Crippen MR) is 52.6 cm³/mol. The highest BCUT2D eigenvalue weighted by Crippen LogP contribution is 2.25. The van der Waals surface area contributed by atoms with Crippen LogP contribution in [0.15, 0.2) is 12.4 Å². The van der Waals surface area contributed by atoms with Crippen molar-refractivity contribution in [3.8, 4) is 5.88 Å². The van der Waals surface area contributed by atoms with E-state index in [4.69, 9.17) is 9.47 Å². The van der Waals surface area contributed by atoms with Crippen LogP contribution in [0.2, 0.25) is 0 Å². The van der Waals surface area contributed by atoms with Gasteiger partial charge in [0.1, 0.15) is 6.73 Å². The molecule has 3 rings (SSSR count). The van der Waals surface area contributed by atoms with Crippen molar-refractivity contribution in [1.29, 1.82) is 0 Å². The molecule has 1 saturated heterocycles. The van der Waals surface area contributed by atoms with E-state index < -0.39 is 6.23 Å². The van der Waals surface area contributed by atoms with Gasteiger partial charge in [0.15, 0.2) is 5.82 Å². The lowest BCUT2D eigenvalue weighted by Gasteiger charge is -2.29. The monoisotopic (exact) mass is 222 g/mol. The van der Waals surface area contributed by atoms with E-state index in [2.05, 4.69) is 15.3 Å². The van der Waals surface area contributed by atoms with Gasteiger partial charge in [0.25, 0.3) is 11.8 Å². The van der Waals surface area contributed by atoms with Gasteiger partial charge in [0.05, 0.1) is 6.61 Å². The van der Waals surface area contributed by atoms with Crippen molar-refractivity contribution in [2.75, 3.05) is 25.2 Å². The first-order valence-corrected chi connectivity index (χ1v) is 4.95. The Hall–Kier alpha value is -1.73. The Morgan fingerprint density at radius 1 is 1.44 bits per heavy atom. The number of carbonyl (C=O) groups is 1. The minimum Gasteiger partial charge on any atom is -0.446 e. The van der Waals surface area contributed by atoms with Crippen LogP contribution in [0, 0.1) is 0 Å². The molecule has 0 spiro atoms. The molecule has 0 bridgehead atoms. The third kappa shape index (κ3) is 1.50. The van der Waals surface area contributed by atoms with E-state index in [-0.39, 0.29) is 5.91 Å². The molecule has 1 aromatic heterocycles. The summed E-state index contributed by atoms with van der Waals surface area (Å²) in [4.78, 5) is 21.5. The van der Waals surface area contributed by atoms with Gasteiger partial charge in [-0.25, -0.2) is 14.9 Å². The van der Waals surface area contributed by atoms with Gasteiger partial charge < -0.3 is 14.8 Å². The SMILES string of the molecule is O=C1Nc2nccnc2OC1N1CCOC1. The van der Waals surface area contributed by atoms with E-state index in [1.54, 1.807) is 4.90 Å².